The largest absolute Gasteiger partial charge is 0.394 e. The van der Waals surface area contributed by atoms with Crippen molar-refractivity contribution in [1.82, 2.24) is 5.32 Å². The Balaban J connectivity index is 2.18. The molecule has 2 aromatic rings. The van der Waals surface area contributed by atoms with Crippen LogP contribution in [0.4, 0.5) is 13.2 Å². The molecule has 0 aliphatic carbocycles. The maximum absolute atomic E-state index is 13.3. The van der Waals surface area contributed by atoms with Crippen molar-refractivity contribution in [3.63, 3.8) is 0 Å². The molecule has 0 radical (unpaired) electrons. The fourth-order valence-corrected chi connectivity index (χ4v) is 2.16. The monoisotopic (exact) mass is 295 g/mol. The van der Waals surface area contributed by atoms with Crippen molar-refractivity contribution in [3.05, 3.63) is 71.0 Å². The van der Waals surface area contributed by atoms with Crippen LogP contribution in [0.5, 0.6) is 0 Å². The molecular formula is C16H16F3NO. The highest BCUT2D eigenvalue weighted by Gasteiger charge is 2.18. The predicted octanol–water partition coefficient (Wildman–Crippen LogP) is 3.49. The van der Waals surface area contributed by atoms with Gasteiger partial charge >= 0.3 is 0 Å². The second kappa shape index (κ2) is 6.74. The van der Waals surface area contributed by atoms with E-state index in [1.807, 2.05) is 30.3 Å². The molecule has 0 saturated carbocycles. The van der Waals surface area contributed by atoms with Crippen molar-refractivity contribution in [2.24, 2.45) is 0 Å². The fraction of sp³-hybridized carbons (Fsp3) is 0.250. The molecule has 0 aliphatic heterocycles. The van der Waals surface area contributed by atoms with Crippen LogP contribution >= 0.6 is 0 Å². The second-order valence-electron chi connectivity index (χ2n) is 4.83. The number of halogens is 3. The Labute approximate surface area is 121 Å². The van der Waals surface area contributed by atoms with Crippen molar-refractivity contribution in [3.8, 4) is 0 Å². The molecule has 0 fully saturated rings. The summed E-state index contributed by atoms with van der Waals surface area (Å²) in [6.07, 6.45) is 0. The zero-order valence-corrected chi connectivity index (χ0v) is 11.5. The number of benzene rings is 2. The summed E-state index contributed by atoms with van der Waals surface area (Å²) in [6, 6.07) is 10.3. The number of aliphatic hydroxyl groups excluding tert-OH is 1. The van der Waals surface area contributed by atoms with Gasteiger partial charge in [-0.1, -0.05) is 30.3 Å². The Morgan fingerprint density at radius 3 is 2.10 bits per heavy atom. The molecule has 0 aromatic heterocycles. The minimum Gasteiger partial charge on any atom is -0.394 e. The van der Waals surface area contributed by atoms with Gasteiger partial charge in [0, 0.05) is 6.04 Å². The van der Waals surface area contributed by atoms with Crippen molar-refractivity contribution in [2.45, 2.75) is 19.0 Å². The van der Waals surface area contributed by atoms with Crippen LogP contribution in [0.2, 0.25) is 0 Å². The maximum atomic E-state index is 13.3. The average molecular weight is 295 g/mol. The lowest BCUT2D eigenvalue weighted by molar-refractivity contribution is 0.235. The highest BCUT2D eigenvalue weighted by atomic mass is 19.2. The molecule has 2 aromatic carbocycles. The molecule has 0 heterocycles. The Kier molecular flexibility index (Phi) is 4.98. The molecule has 2 N–H and O–H groups in total. The number of aliphatic hydroxyl groups is 1. The van der Waals surface area contributed by atoms with Crippen LogP contribution in [0.3, 0.4) is 0 Å². The smallest absolute Gasteiger partial charge is 0.194 e. The summed E-state index contributed by atoms with van der Waals surface area (Å²) in [5, 5.41) is 12.5. The summed E-state index contributed by atoms with van der Waals surface area (Å²) >= 11 is 0. The lowest BCUT2D eigenvalue weighted by Crippen LogP contribution is -2.27. The molecule has 0 aliphatic rings. The highest BCUT2D eigenvalue weighted by Crippen LogP contribution is 2.22. The Bertz CT molecular complexity index is 581. The van der Waals surface area contributed by atoms with E-state index in [2.05, 4.69) is 5.32 Å². The Morgan fingerprint density at radius 1 is 1.00 bits per heavy atom. The van der Waals surface area contributed by atoms with Crippen LogP contribution in [0, 0.1) is 17.5 Å². The third kappa shape index (κ3) is 3.62. The summed E-state index contributed by atoms with van der Waals surface area (Å²) in [4.78, 5) is 0. The first-order valence-corrected chi connectivity index (χ1v) is 6.59. The van der Waals surface area contributed by atoms with Gasteiger partial charge in [0.05, 0.1) is 12.6 Å². The lowest BCUT2D eigenvalue weighted by Gasteiger charge is -2.22. The quantitative estimate of drug-likeness (QED) is 0.828. The molecule has 21 heavy (non-hydrogen) atoms. The van der Waals surface area contributed by atoms with Gasteiger partial charge in [0.25, 0.3) is 0 Å². The lowest BCUT2D eigenvalue weighted by atomic mass is 10.0. The van der Waals surface area contributed by atoms with Gasteiger partial charge in [0.15, 0.2) is 17.5 Å². The van der Waals surface area contributed by atoms with E-state index >= 15 is 0 Å². The molecule has 112 valence electrons. The third-order valence-corrected chi connectivity index (χ3v) is 3.34. The first-order chi connectivity index (χ1) is 10.0. The van der Waals surface area contributed by atoms with Crippen LogP contribution in [0.25, 0.3) is 0 Å². The van der Waals surface area contributed by atoms with Gasteiger partial charge < -0.3 is 10.4 Å². The van der Waals surface area contributed by atoms with Crippen molar-refractivity contribution in [1.29, 1.82) is 0 Å². The molecular weight excluding hydrogens is 279 g/mol. The van der Waals surface area contributed by atoms with E-state index in [4.69, 9.17) is 0 Å². The molecule has 0 bridgehead atoms. The Morgan fingerprint density at radius 2 is 1.57 bits per heavy atom. The first kappa shape index (κ1) is 15.5. The van der Waals surface area contributed by atoms with Gasteiger partial charge in [-0.05, 0) is 30.2 Å². The fourth-order valence-electron chi connectivity index (χ4n) is 2.16. The molecule has 2 rings (SSSR count). The molecule has 2 atom stereocenters. The van der Waals surface area contributed by atoms with E-state index < -0.39 is 23.5 Å². The highest BCUT2D eigenvalue weighted by molar-refractivity contribution is 5.24. The zero-order chi connectivity index (χ0) is 15.4. The number of hydrogen-bond donors (Lipinski definition) is 2. The zero-order valence-electron chi connectivity index (χ0n) is 11.5. The second-order valence-corrected chi connectivity index (χ2v) is 4.83. The molecule has 5 heteroatoms. The Hall–Kier alpha value is -1.85. The SMILES string of the molecule is CC(NC(CO)c1ccccc1)c1cc(F)c(F)c(F)c1. The van der Waals surface area contributed by atoms with Crippen LogP contribution in [-0.4, -0.2) is 11.7 Å². The minimum atomic E-state index is -1.48. The van der Waals surface area contributed by atoms with Gasteiger partial charge in [-0.3, -0.25) is 0 Å². The number of rotatable bonds is 5. The summed E-state index contributed by atoms with van der Waals surface area (Å²) < 4.78 is 39.5. The summed E-state index contributed by atoms with van der Waals surface area (Å²) in [6.45, 7) is 1.53. The van der Waals surface area contributed by atoms with E-state index in [-0.39, 0.29) is 18.2 Å². The van der Waals surface area contributed by atoms with Gasteiger partial charge in [-0.15, -0.1) is 0 Å². The molecule has 0 saturated heterocycles. The van der Waals surface area contributed by atoms with Crippen LogP contribution < -0.4 is 5.32 Å². The molecule has 2 nitrogen and oxygen atoms in total. The predicted molar refractivity (Wildman–Crippen MR) is 74.1 cm³/mol. The normalized spacial score (nSPS) is 14.0. The van der Waals surface area contributed by atoms with Crippen molar-refractivity contribution in [2.75, 3.05) is 6.61 Å². The van der Waals surface area contributed by atoms with Gasteiger partial charge in [0.1, 0.15) is 0 Å². The van der Waals surface area contributed by atoms with E-state index in [1.165, 1.54) is 0 Å². The van der Waals surface area contributed by atoms with E-state index in [0.717, 1.165) is 17.7 Å². The third-order valence-electron chi connectivity index (χ3n) is 3.34. The standard InChI is InChI=1S/C16H16F3NO/c1-10(12-7-13(17)16(19)14(18)8-12)20-15(9-21)11-5-3-2-4-6-11/h2-8,10,15,20-21H,9H2,1H3. The number of nitrogens with one attached hydrogen (secondary N) is 1. The minimum absolute atomic E-state index is 0.166. The van der Waals surface area contributed by atoms with Crippen LogP contribution in [-0.2, 0) is 0 Å². The topological polar surface area (TPSA) is 32.3 Å². The summed E-state index contributed by atoms with van der Waals surface area (Å²) in [7, 11) is 0. The summed E-state index contributed by atoms with van der Waals surface area (Å²) in [5.41, 5.74) is 1.13. The van der Waals surface area contributed by atoms with E-state index in [0.29, 0.717) is 0 Å². The van der Waals surface area contributed by atoms with E-state index in [9.17, 15) is 18.3 Å². The molecule has 0 spiro atoms. The number of hydrogen-bond acceptors (Lipinski definition) is 2. The van der Waals surface area contributed by atoms with Gasteiger partial charge in [-0.2, -0.15) is 0 Å². The van der Waals surface area contributed by atoms with Crippen LogP contribution in [0.15, 0.2) is 42.5 Å². The first-order valence-electron chi connectivity index (χ1n) is 6.59. The molecule has 2 unspecified atom stereocenters. The van der Waals surface area contributed by atoms with E-state index in [1.54, 1.807) is 6.92 Å². The van der Waals surface area contributed by atoms with Crippen LogP contribution in [0.1, 0.15) is 30.1 Å². The van der Waals surface area contributed by atoms with Gasteiger partial charge in [0.2, 0.25) is 0 Å². The maximum Gasteiger partial charge on any atom is 0.194 e. The van der Waals surface area contributed by atoms with Crippen molar-refractivity contribution >= 4 is 0 Å². The summed E-state index contributed by atoms with van der Waals surface area (Å²) in [5.74, 6) is -3.93. The van der Waals surface area contributed by atoms with Gasteiger partial charge in [-0.25, -0.2) is 13.2 Å². The van der Waals surface area contributed by atoms with Crippen molar-refractivity contribution < 1.29 is 18.3 Å². The average Bonchev–Trinajstić information content (AvgIpc) is 2.50. The molecule has 0 amide bonds.